The molecule has 0 aromatic heterocycles. The van der Waals surface area contributed by atoms with Crippen molar-refractivity contribution in [3.05, 3.63) is 36.8 Å². The SMILES string of the molecule is C=CC1C=C(C(=C)OC)N(C)N1. The van der Waals surface area contributed by atoms with E-state index < -0.39 is 0 Å². The van der Waals surface area contributed by atoms with E-state index in [0.717, 1.165) is 5.70 Å². The Kier molecular flexibility index (Phi) is 2.55. The molecule has 0 aliphatic carbocycles. The van der Waals surface area contributed by atoms with Crippen molar-refractivity contribution in [3.63, 3.8) is 0 Å². The van der Waals surface area contributed by atoms with E-state index in [0.29, 0.717) is 5.76 Å². The van der Waals surface area contributed by atoms with E-state index in [1.165, 1.54) is 0 Å². The number of likely N-dealkylation sites (N-methyl/N-ethyl adjacent to an activating group) is 1. The largest absolute Gasteiger partial charge is 0.495 e. The van der Waals surface area contributed by atoms with E-state index in [2.05, 4.69) is 18.6 Å². The topological polar surface area (TPSA) is 24.5 Å². The molecule has 0 fully saturated rings. The normalized spacial score (nSPS) is 22.0. The molecule has 3 nitrogen and oxygen atoms in total. The number of hydrazine groups is 1. The van der Waals surface area contributed by atoms with Gasteiger partial charge in [-0.25, -0.2) is 5.43 Å². The second-order valence-electron chi connectivity index (χ2n) is 2.63. The molecule has 0 saturated heterocycles. The van der Waals surface area contributed by atoms with E-state index in [-0.39, 0.29) is 6.04 Å². The van der Waals surface area contributed by atoms with Crippen molar-refractivity contribution >= 4 is 0 Å². The summed E-state index contributed by atoms with van der Waals surface area (Å²) in [6, 6.07) is 0.178. The lowest BCUT2D eigenvalue weighted by Gasteiger charge is -2.17. The van der Waals surface area contributed by atoms with Crippen molar-refractivity contribution in [2.24, 2.45) is 0 Å². The van der Waals surface area contributed by atoms with Crippen LogP contribution in [0.5, 0.6) is 0 Å². The summed E-state index contributed by atoms with van der Waals surface area (Å²) in [5.74, 6) is 0.661. The van der Waals surface area contributed by atoms with Crippen molar-refractivity contribution in [3.8, 4) is 0 Å². The molecule has 0 bridgehead atoms. The zero-order valence-corrected chi connectivity index (χ0v) is 7.50. The summed E-state index contributed by atoms with van der Waals surface area (Å²) in [5.41, 5.74) is 4.11. The summed E-state index contributed by atoms with van der Waals surface area (Å²) in [7, 11) is 3.53. The maximum absolute atomic E-state index is 5.02. The van der Waals surface area contributed by atoms with Gasteiger partial charge in [0.05, 0.1) is 18.8 Å². The Bertz CT molecular complexity index is 233. The number of hydrogen-bond donors (Lipinski definition) is 1. The maximum Gasteiger partial charge on any atom is 0.136 e. The highest BCUT2D eigenvalue weighted by Gasteiger charge is 2.19. The van der Waals surface area contributed by atoms with Crippen LogP contribution in [0, 0.1) is 0 Å². The van der Waals surface area contributed by atoms with Crippen LogP contribution in [0.15, 0.2) is 36.8 Å². The molecule has 0 aromatic carbocycles. The molecule has 1 rings (SSSR count). The molecule has 12 heavy (non-hydrogen) atoms. The number of methoxy groups -OCH3 is 1. The van der Waals surface area contributed by atoms with Gasteiger partial charge in [-0.3, -0.25) is 0 Å². The molecule has 1 atom stereocenters. The van der Waals surface area contributed by atoms with E-state index in [1.54, 1.807) is 7.11 Å². The fraction of sp³-hybridized carbons (Fsp3) is 0.333. The first kappa shape index (κ1) is 8.87. The predicted octanol–water partition coefficient (Wildman–Crippen LogP) is 1.03. The fourth-order valence-electron chi connectivity index (χ4n) is 1.12. The van der Waals surface area contributed by atoms with Gasteiger partial charge in [-0.1, -0.05) is 12.7 Å². The van der Waals surface area contributed by atoms with Crippen molar-refractivity contribution in [1.82, 2.24) is 10.4 Å². The van der Waals surface area contributed by atoms with Crippen LogP contribution in [-0.2, 0) is 4.74 Å². The molecule has 1 N–H and O–H groups in total. The highest BCUT2D eigenvalue weighted by Crippen LogP contribution is 2.17. The van der Waals surface area contributed by atoms with Crippen LogP contribution < -0.4 is 5.43 Å². The van der Waals surface area contributed by atoms with E-state index >= 15 is 0 Å². The predicted molar refractivity (Wildman–Crippen MR) is 49.1 cm³/mol. The summed E-state index contributed by atoms with van der Waals surface area (Å²) in [4.78, 5) is 0. The van der Waals surface area contributed by atoms with E-state index in [1.807, 2.05) is 24.2 Å². The van der Waals surface area contributed by atoms with Crippen LogP contribution in [0.25, 0.3) is 0 Å². The molecule has 66 valence electrons. The van der Waals surface area contributed by atoms with Crippen molar-refractivity contribution in [1.29, 1.82) is 0 Å². The Morgan fingerprint density at radius 3 is 2.92 bits per heavy atom. The van der Waals surface area contributed by atoms with Crippen molar-refractivity contribution in [2.45, 2.75) is 6.04 Å². The summed E-state index contributed by atoms with van der Waals surface area (Å²) in [5, 5.41) is 1.87. The fourth-order valence-corrected chi connectivity index (χ4v) is 1.12. The Morgan fingerprint density at radius 2 is 2.50 bits per heavy atom. The minimum Gasteiger partial charge on any atom is -0.495 e. The van der Waals surface area contributed by atoms with Gasteiger partial charge in [0, 0.05) is 7.05 Å². The van der Waals surface area contributed by atoms with Crippen LogP contribution >= 0.6 is 0 Å². The molecule has 0 amide bonds. The van der Waals surface area contributed by atoms with Gasteiger partial charge in [0.2, 0.25) is 0 Å². The minimum absolute atomic E-state index is 0.178. The Labute approximate surface area is 73.0 Å². The van der Waals surface area contributed by atoms with Crippen LogP contribution in [-0.4, -0.2) is 25.2 Å². The number of rotatable bonds is 3. The standard InChI is InChI=1S/C9H14N2O/c1-5-8-6-9(7(2)12-4)11(3)10-8/h5-6,8,10H,1-2H2,3-4H3. The smallest absolute Gasteiger partial charge is 0.136 e. The Morgan fingerprint density at radius 1 is 1.83 bits per heavy atom. The van der Waals surface area contributed by atoms with Crippen LogP contribution in [0.2, 0.25) is 0 Å². The monoisotopic (exact) mass is 166 g/mol. The number of hydrogen-bond acceptors (Lipinski definition) is 3. The second kappa shape index (κ2) is 3.45. The van der Waals surface area contributed by atoms with Gasteiger partial charge in [0.25, 0.3) is 0 Å². The van der Waals surface area contributed by atoms with Gasteiger partial charge in [-0.05, 0) is 6.08 Å². The molecule has 1 aliphatic heterocycles. The summed E-state index contributed by atoms with van der Waals surface area (Å²) in [6.45, 7) is 7.46. The molecule has 1 heterocycles. The second-order valence-corrected chi connectivity index (χ2v) is 2.63. The minimum atomic E-state index is 0.178. The maximum atomic E-state index is 5.02. The molecule has 0 aromatic rings. The molecule has 0 radical (unpaired) electrons. The summed E-state index contributed by atoms with van der Waals surface area (Å²) in [6.07, 6.45) is 3.84. The third-order valence-electron chi connectivity index (χ3n) is 1.83. The van der Waals surface area contributed by atoms with Gasteiger partial charge in [0.1, 0.15) is 5.76 Å². The van der Waals surface area contributed by atoms with Crippen LogP contribution in [0.4, 0.5) is 0 Å². The van der Waals surface area contributed by atoms with Crippen LogP contribution in [0.3, 0.4) is 0 Å². The first-order valence-corrected chi connectivity index (χ1v) is 3.76. The molecule has 1 aliphatic rings. The number of nitrogens with one attached hydrogen (secondary N) is 1. The average Bonchev–Trinajstić information content (AvgIpc) is 2.45. The molecular weight excluding hydrogens is 152 g/mol. The van der Waals surface area contributed by atoms with Gasteiger partial charge in [0.15, 0.2) is 0 Å². The number of ether oxygens (including phenoxy) is 1. The average molecular weight is 166 g/mol. The van der Waals surface area contributed by atoms with Crippen molar-refractivity contribution in [2.75, 3.05) is 14.2 Å². The molecule has 3 heteroatoms. The lowest BCUT2D eigenvalue weighted by Crippen LogP contribution is -2.33. The van der Waals surface area contributed by atoms with E-state index in [9.17, 15) is 0 Å². The molecule has 1 unspecified atom stereocenters. The van der Waals surface area contributed by atoms with Gasteiger partial charge >= 0.3 is 0 Å². The van der Waals surface area contributed by atoms with E-state index in [4.69, 9.17) is 4.74 Å². The first-order valence-electron chi connectivity index (χ1n) is 3.76. The summed E-state index contributed by atoms with van der Waals surface area (Å²) < 4.78 is 5.02. The molecule has 0 saturated carbocycles. The lowest BCUT2D eigenvalue weighted by molar-refractivity contribution is 0.253. The highest BCUT2D eigenvalue weighted by atomic mass is 16.5. The van der Waals surface area contributed by atoms with Gasteiger partial charge in [-0.2, -0.15) is 0 Å². The quantitative estimate of drug-likeness (QED) is 0.500. The third kappa shape index (κ3) is 1.51. The molecular formula is C9H14N2O. The summed E-state index contributed by atoms with van der Waals surface area (Å²) >= 11 is 0. The zero-order chi connectivity index (χ0) is 9.14. The Balaban J connectivity index is 2.75. The highest BCUT2D eigenvalue weighted by molar-refractivity contribution is 5.28. The Hall–Kier alpha value is -1.22. The van der Waals surface area contributed by atoms with Gasteiger partial charge in [-0.15, -0.1) is 6.58 Å². The van der Waals surface area contributed by atoms with Crippen molar-refractivity contribution < 1.29 is 4.74 Å². The first-order chi connectivity index (χ1) is 5.69. The lowest BCUT2D eigenvalue weighted by atomic mass is 10.2. The zero-order valence-electron chi connectivity index (χ0n) is 7.50. The third-order valence-corrected chi connectivity index (χ3v) is 1.83. The molecule has 0 spiro atoms. The number of nitrogens with zero attached hydrogens (tertiary/aromatic N) is 1. The van der Waals surface area contributed by atoms with Crippen LogP contribution in [0.1, 0.15) is 0 Å². The van der Waals surface area contributed by atoms with Gasteiger partial charge < -0.3 is 9.75 Å².